The topological polar surface area (TPSA) is 87.2 Å². The Morgan fingerprint density at radius 1 is 1.21 bits per heavy atom. The standard InChI is InChI=1S/C23H25N3O3/c1-23(2)12-17-20(18(28)13-23)22(25-15-6-4-3-5-7-15)21(26-17)16-8-9-24-14-19(16)29-11-10-27/h3-9,14,25-27H,10-13H2,1-2H3. The van der Waals surface area contributed by atoms with Crippen LogP contribution in [0.1, 0.15) is 36.3 Å². The summed E-state index contributed by atoms with van der Waals surface area (Å²) < 4.78 is 5.70. The summed E-state index contributed by atoms with van der Waals surface area (Å²) in [6.07, 6.45) is 4.61. The van der Waals surface area contributed by atoms with Crippen molar-refractivity contribution in [3.8, 4) is 17.0 Å². The Bertz CT molecular complexity index is 1030. The number of Topliss-reactive ketones (excluding diaryl/α,β-unsaturated/α-hetero) is 1. The fourth-order valence-corrected chi connectivity index (χ4v) is 3.91. The Kier molecular flexibility index (Phi) is 5.11. The van der Waals surface area contributed by atoms with Crippen molar-refractivity contribution < 1.29 is 14.6 Å². The van der Waals surface area contributed by atoms with Gasteiger partial charge in [-0.05, 0) is 30.0 Å². The lowest BCUT2D eigenvalue weighted by atomic mass is 9.76. The molecule has 3 aromatic rings. The minimum atomic E-state index is -0.0926. The van der Waals surface area contributed by atoms with E-state index in [2.05, 4.69) is 29.1 Å². The van der Waals surface area contributed by atoms with Gasteiger partial charge in [-0.2, -0.15) is 0 Å². The Morgan fingerprint density at radius 2 is 2.00 bits per heavy atom. The Morgan fingerprint density at radius 3 is 2.76 bits per heavy atom. The van der Waals surface area contributed by atoms with Crippen LogP contribution in [0.15, 0.2) is 48.8 Å². The van der Waals surface area contributed by atoms with Gasteiger partial charge in [-0.3, -0.25) is 9.78 Å². The number of ether oxygens (including phenoxy) is 1. The predicted molar refractivity (Wildman–Crippen MR) is 113 cm³/mol. The largest absolute Gasteiger partial charge is 0.489 e. The molecule has 2 aromatic heterocycles. The lowest BCUT2D eigenvalue weighted by molar-refractivity contribution is 0.0912. The number of carbonyl (C=O) groups is 1. The first-order chi connectivity index (χ1) is 14.0. The van der Waals surface area contributed by atoms with E-state index in [9.17, 15) is 4.79 Å². The van der Waals surface area contributed by atoms with Crippen LogP contribution in [0.5, 0.6) is 5.75 Å². The summed E-state index contributed by atoms with van der Waals surface area (Å²) in [5.41, 5.74) is 4.81. The predicted octanol–water partition coefficient (Wildman–Crippen LogP) is 4.35. The number of nitrogens with zero attached hydrogens (tertiary/aromatic N) is 1. The van der Waals surface area contributed by atoms with E-state index in [1.54, 1.807) is 12.4 Å². The highest BCUT2D eigenvalue weighted by Gasteiger charge is 2.36. The number of aliphatic hydroxyl groups is 1. The zero-order valence-electron chi connectivity index (χ0n) is 16.7. The number of hydrogen-bond donors (Lipinski definition) is 3. The molecule has 0 atom stereocenters. The van der Waals surface area contributed by atoms with Gasteiger partial charge in [-0.15, -0.1) is 0 Å². The minimum absolute atomic E-state index is 0.0860. The molecule has 0 bridgehead atoms. The zero-order chi connectivity index (χ0) is 20.4. The minimum Gasteiger partial charge on any atom is -0.489 e. The van der Waals surface area contributed by atoms with Crippen LogP contribution in [0.3, 0.4) is 0 Å². The van der Waals surface area contributed by atoms with Gasteiger partial charge >= 0.3 is 0 Å². The number of pyridine rings is 1. The third-order valence-corrected chi connectivity index (χ3v) is 5.10. The van der Waals surface area contributed by atoms with Gasteiger partial charge in [0.05, 0.1) is 29.7 Å². The van der Waals surface area contributed by atoms with Crippen LogP contribution in [0.25, 0.3) is 11.3 Å². The summed E-state index contributed by atoms with van der Waals surface area (Å²) in [6, 6.07) is 11.7. The molecule has 0 spiro atoms. The first kappa shape index (κ1) is 19.2. The Hall–Kier alpha value is -3.12. The number of hydrogen-bond acceptors (Lipinski definition) is 5. The lowest BCUT2D eigenvalue weighted by Gasteiger charge is -2.28. The molecule has 29 heavy (non-hydrogen) atoms. The van der Waals surface area contributed by atoms with Crippen LogP contribution >= 0.6 is 0 Å². The SMILES string of the molecule is CC1(C)CC(=O)c2c([nH]c(-c3ccncc3OCCO)c2Nc2ccccc2)C1. The molecule has 3 N–H and O–H groups in total. The number of anilines is 2. The number of H-pyrrole nitrogens is 1. The maximum atomic E-state index is 13.1. The maximum Gasteiger partial charge on any atom is 0.167 e. The molecule has 1 aliphatic rings. The number of fused-ring (bicyclic) bond motifs is 1. The lowest BCUT2D eigenvalue weighted by Crippen LogP contribution is -2.26. The molecule has 0 amide bonds. The number of rotatable bonds is 6. The van der Waals surface area contributed by atoms with E-state index < -0.39 is 0 Å². The molecule has 0 saturated heterocycles. The van der Waals surface area contributed by atoms with Gasteiger partial charge in [0.15, 0.2) is 5.78 Å². The molecular weight excluding hydrogens is 366 g/mol. The summed E-state index contributed by atoms with van der Waals surface area (Å²) in [7, 11) is 0. The second-order valence-corrected chi connectivity index (χ2v) is 8.10. The molecular formula is C23H25N3O3. The average Bonchev–Trinajstić information content (AvgIpc) is 3.04. The summed E-state index contributed by atoms with van der Waals surface area (Å²) >= 11 is 0. The monoisotopic (exact) mass is 391 g/mol. The van der Waals surface area contributed by atoms with E-state index in [0.29, 0.717) is 17.7 Å². The van der Waals surface area contributed by atoms with Crippen molar-refractivity contribution in [2.24, 2.45) is 5.41 Å². The van der Waals surface area contributed by atoms with Crippen LogP contribution in [0.2, 0.25) is 0 Å². The van der Waals surface area contributed by atoms with Gasteiger partial charge in [0.1, 0.15) is 12.4 Å². The summed E-state index contributed by atoms with van der Waals surface area (Å²) in [5, 5.41) is 12.6. The van der Waals surface area contributed by atoms with Crippen LogP contribution < -0.4 is 10.1 Å². The molecule has 2 heterocycles. The number of nitrogens with one attached hydrogen (secondary N) is 2. The van der Waals surface area contributed by atoms with Crippen molar-refractivity contribution >= 4 is 17.2 Å². The van der Waals surface area contributed by atoms with Crippen molar-refractivity contribution in [3.63, 3.8) is 0 Å². The van der Waals surface area contributed by atoms with Crippen LogP contribution in [-0.4, -0.2) is 34.1 Å². The molecule has 0 aliphatic heterocycles. The average molecular weight is 391 g/mol. The molecule has 0 unspecified atom stereocenters. The van der Waals surface area contributed by atoms with Crippen molar-refractivity contribution in [1.29, 1.82) is 0 Å². The van der Waals surface area contributed by atoms with Crippen molar-refractivity contribution in [2.45, 2.75) is 26.7 Å². The van der Waals surface area contributed by atoms with Gasteiger partial charge in [0, 0.05) is 29.6 Å². The highest BCUT2D eigenvalue weighted by atomic mass is 16.5. The number of aliphatic hydroxyl groups excluding tert-OH is 1. The number of aromatic amines is 1. The number of carbonyl (C=O) groups excluding carboxylic acids is 1. The second kappa shape index (κ2) is 7.72. The molecule has 1 aromatic carbocycles. The van der Waals surface area contributed by atoms with Gasteiger partial charge < -0.3 is 20.1 Å². The number of ketones is 1. The zero-order valence-corrected chi connectivity index (χ0v) is 16.7. The molecule has 4 rings (SSSR count). The van der Waals surface area contributed by atoms with Crippen LogP contribution in [0.4, 0.5) is 11.4 Å². The van der Waals surface area contributed by atoms with Crippen molar-refractivity contribution in [1.82, 2.24) is 9.97 Å². The van der Waals surface area contributed by atoms with E-state index >= 15 is 0 Å². The fourth-order valence-electron chi connectivity index (χ4n) is 3.91. The van der Waals surface area contributed by atoms with E-state index in [0.717, 1.165) is 34.7 Å². The molecule has 150 valence electrons. The molecule has 6 heteroatoms. The first-order valence-electron chi connectivity index (χ1n) is 9.77. The van der Waals surface area contributed by atoms with Crippen molar-refractivity contribution in [2.75, 3.05) is 18.5 Å². The number of aromatic nitrogens is 2. The third-order valence-electron chi connectivity index (χ3n) is 5.10. The Balaban J connectivity index is 1.87. The maximum absolute atomic E-state index is 13.1. The van der Waals surface area contributed by atoms with Gasteiger partial charge in [-0.25, -0.2) is 0 Å². The molecule has 1 aliphatic carbocycles. The molecule has 0 fully saturated rings. The van der Waals surface area contributed by atoms with Gasteiger partial charge in [0.25, 0.3) is 0 Å². The second-order valence-electron chi connectivity index (χ2n) is 8.10. The smallest absolute Gasteiger partial charge is 0.167 e. The van der Waals surface area contributed by atoms with Crippen LogP contribution in [-0.2, 0) is 6.42 Å². The summed E-state index contributed by atoms with van der Waals surface area (Å²) in [5.74, 6) is 0.687. The molecule has 0 saturated carbocycles. The first-order valence-corrected chi connectivity index (χ1v) is 9.77. The number of para-hydroxylation sites is 1. The fraction of sp³-hybridized carbons (Fsp3) is 0.304. The van der Waals surface area contributed by atoms with Gasteiger partial charge in [-0.1, -0.05) is 32.0 Å². The highest BCUT2D eigenvalue weighted by Crippen LogP contribution is 2.44. The van der Waals surface area contributed by atoms with Crippen molar-refractivity contribution in [3.05, 3.63) is 60.0 Å². The summed E-state index contributed by atoms with van der Waals surface area (Å²) in [6.45, 7) is 4.31. The quantitative estimate of drug-likeness (QED) is 0.582. The van der Waals surface area contributed by atoms with Gasteiger partial charge in [0.2, 0.25) is 0 Å². The van der Waals surface area contributed by atoms with E-state index in [1.807, 2.05) is 36.4 Å². The normalized spacial score (nSPS) is 15.1. The molecule has 6 nitrogen and oxygen atoms in total. The van der Waals surface area contributed by atoms with E-state index in [-0.39, 0.29) is 24.4 Å². The Labute approximate surface area is 170 Å². The summed E-state index contributed by atoms with van der Waals surface area (Å²) in [4.78, 5) is 20.7. The number of benzene rings is 1. The highest BCUT2D eigenvalue weighted by molar-refractivity contribution is 6.08. The van der Waals surface area contributed by atoms with E-state index in [1.165, 1.54) is 0 Å². The van der Waals surface area contributed by atoms with Crippen LogP contribution in [0, 0.1) is 5.41 Å². The third kappa shape index (κ3) is 3.89. The van der Waals surface area contributed by atoms with E-state index in [4.69, 9.17) is 9.84 Å². The molecule has 0 radical (unpaired) electrons.